The quantitative estimate of drug-likeness (QED) is 0.897. The Morgan fingerprint density at radius 2 is 1.89 bits per heavy atom. The van der Waals surface area contributed by atoms with Crippen LogP contribution in [0.25, 0.3) is 11.3 Å². The van der Waals surface area contributed by atoms with Gasteiger partial charge in [0, 0.05) is 11.1 Å². The summed E-state index contributed by atoms with van der Waals surface area (Å²) in [6, 6.07) is 7.97. The molecule has 4 nitrogen and oxygen atoms in total. The van der Waals surface area contributed by atoms with E-state index in [9.17, 15) is 0 Å². The molecule has 0 atom stereocenters. The van der Waals surface area contributed by atoms with Gasteiger partial charge < -0.3 is 10.5 Å². The summed E-state index contributed by atoms with van der Waals surface area (Å²) in [6.45, 7) is 1.93. The minimum absolute atomic E-state index is 0.423. The zero-order valence-electron chi connectivity index (χ0n) is 10.3. The van der Waals surface area contributed by atoms with E-state index in [0.29, 0.717) is 11.9 Å². The van der Waals surface area contributed by atoms with Gasteiger partial charge in [0.2, 0.25) is 0 Å². The molecule has 1 heterocycles. The molecular formula is C14H15N3O. The van der Waals surface area contributed by atoms with Gasteiger partial charge in [0.15, 0.2) is 0 Å². The Balaban J connectivity index is 1.89. The average molecular weight is 241 g/mol. The number of nitrogens with two attached hydrogens (primary N) is 1. The second-order valence-corrected chi connectivity index (χ2v) is 4.57. The maximum atomic E-state index is 5.79. The van der Waals surface area contributed by atoms with Crippen molar-refractivity contribution >= 4 is 5.82 Å². The van der Waals surface area contributed by atoms with Crippen molar-refractivity contribution in [2.75, 3.05) is 5.73 Å². The number of anilines is 1. The topological polar surface area (TPSA) is 61.0 Å². The smallest absolute Gasteiger partial charge is 0.130 e. The van der Waals surface area contributed by atoms with Gasteiger partial charge in [-0.25, -0.2) is 9.97 Å². The summed E-state index contributed by atoms with van der Waals surface area (Å²) in [4.78, 5) is 8.25. The summed E-state index contributed by atoms with van der Waals surface area (Å²) < 4.78 is 5.71. The summed E-state index contributed by atoms with van der Waals surface area (Å²) in [6.07, 6.45) is 4.26. The molecule has 4 heteroatoms. The van der Waals surface area contributed by atoms with Crippen LogP contribution in [-0.2, 0) is 0 Å². The molecule has 0 unspecified atom stereocenters. The van der Waals surface area contributed by atoms with Crippen LogP contribution < -0.4 is 10.5 Å². The van der Waals surface area contributed by atoms with E-state index < -0.39 is 0 Å². The van der Waals surface area contributed by atoms with E-state index in [4.69, 9.17) is 10.5 Å². The molecule has 2 N–H and O–H groups in total. The minimum Gasteiger partial charge on any atom is -0.490 e. The molecule has 0 radical (unpaired) electrons. The van der Waals surface area contributed by atoms with Gasteiger partial charge >= 0.3 is 0 Å². The highest BCUT2D eigenvalue weighted by atomic mass is 16.5. The zero-order valence-corrected chi connectivity index (χ0v) is 10.3. The Morgan fingerprint density at radius 1 is 1.17 bits per heavy atom. The lowest BCUT2D eigenvalue weighted by Crippen LogP contribution is -1.99. The maximum Gasteiger partial charge on any atom is 0.130 e. The molecule has 92 valence electrons. The predicted octanol–water partition coefficient (Wildman–Crippen LogP) is 2.58. The Bertz CT molecular complexity index is 562. The third-order valence-electron chi connectivity index (χ3n) is 3.08. The lowest BCUT2D eigenvalue weighted by Gasteiger charge is -2.08. The van der Waals surface area contributed by atoms with Gasteiger partial charge in [-0.1, -0.05) is 0 Å². The van der Waals surface area contributed by atoms with E-state index in [1.54, 1.807) is 0 Å². The molecule has 1 saturated carbocycles. The fourth-order valence-electron chi connectivity index (χ4n) is 1.82. The lowest BCUT2D eigenvalue weighted by molar-refractivity contribution is 0.303. The largest absolute Gasteiger partial charge is 0.490 e. The molecule has 0 spiro atoms. The van der Waals surface area contributed by atoms with Crippen molar-refractivity contribution in [3.05, 3.63) is 36.2 Å². The van der Waals surface area contributed by atoms with Crippen LogP contribution in [0.4, 0.5) is 5.82 Å². The molecule has 1 fully saturated rings. The normalized spacial score (nSPS) is 14.5. The first-order valence-corrected chi connectivity index (χ1v) is 6.08. The number of rotatable bonds is 3. The van der Waals surface area contributed by atoms with E-state index in [-0.39, 0.29) is 0 Å². The second kappa shape index (κ2) is 4.29. The number of nitrogens with zero attached hydrogens (tertiary/aromatic N) is 2. The Labute approximate surface area is 106 Å². The molecule has 0 aliphatic heterocycles. The van der Waals surface area contributed by atoms with Crippen LogP contribution in [0.3, 0.4) is 0 Å². The first-order chi connectivity index (χ1) is 8.74. The van der Waals surface area contributed by atoms with E-state index in [2.05, 4.69) is 9.97 Å². The van der Waals surface area contributed by atoms with Gasteiger partial charge in [-0.2, -0.15) is 0 Å². The molecule has 1 aromatic carbocycles. The first kappa shape index (κ1) is 11.0. The molecule has 18 heavy (non-hydrogen) atoms. The monoisotopic (exact) mass is 241 g/mol. The number of ether oxygens (including phenoxy) is 1. The third-order valence-corrected chi connectivity index (χ3v) is 3.08. The molecule has 0 amide bonds. The van der Waals surface area contributed by atoms with Crippen LogP contribution in [0.1, 0.15) is 18.4 Å². The average Bonchev–Trinajstić information content (AvgIpc) is 3.18. The summed E-state index contributed by atoms with van der Waals surface area (Å²) >= 11 is 0. The molecule has 0 saturated heterocycles. The Morgan fingerprint density at radius 3 is 2.56 bits per heavy atom. The number of nitrogen functional groups attached to an aromatic ring is 1. The molecule has 1 aromatic heterocycles. The van der Waals surface area contributed by atoms with E-state index >= 15 is 0 Å². The number of hydrogen-bond donors (Lipinski definition) is 1. The van der Waals surface area contributed by atoms with Gasteiger partial charge in [-0.3, -0.25) is 0 Å². The fraction of sp³-hybridized carbons (Fsp3) is 0.286. The van der Waals surface area contributed by atoms with Crippen LogP contribution >= 0.6 is 0 Å². The highest BCUT2D eigenvalue weighted by Crippen LogP contribution is 2.29. The molecular weight excluding hydrogens is 226 g/mol. The van der Waals surface area contributed by atoms with Gasteiger partial charge in [0.05, 0.1) is 11.8 Å². The zero-order chi connectivity index (χ0) is 12.5. The minimum atomic E-state index is 0.423. The van der Waals surface area contributed by atoms with Gasteiger partial charge in [0.25, 0.3) is 0 Å². The lowest BCUT2D eigenvalue weighted by atomic mass is 10.1. The number of hydrogen-bond acceptors (Lipinski definition) is 4. The van der Waals surface area contributed by atoms with Crippen molar-refractivity contribution in [2.24, 2.45) is 0 Å². The summed E-state index contributed by atoms with van der Waals surface area (Å²) in [7, 11) is 0. The molecule has 1 aliphatic rings. The van der Waals surface area contributed by atoms with E-state index in [0.717, 1.165) is 22.6 Å². The first-order valence-electron chi connectivity index (χ1n) is 6.08. The second-order valence-electron chi connectivity index (χ2n) is 4.57. The van der Waals surface area contributed by atoms with Crippen LogP contribution in [0.5, 0.6) is 5.75 Å². The van der Waals surface area contributed by atoms with Crippen molar-refractivity contribution in [2.45, 2.75) is 25.9 Å². The van der Waals surface area contributed by atoms with Crippen molar-refractivity contribution in [1.29, 1.82) is 0 Å². The fourth-order valence-corrected chi connectivity index (χ4v) is 1.82. The summed E-state index contributed by atoms with van der Waals surface area (Å²) in [5.41, 5.74) is 8.60. The summed E-state index contributed by atoms with van der Waals surface area (Å²) in [5.74, 6) is 1.44. The van der Waals surface area contributed by atoms with E-state index in [1.165, 1.54) is 19.2 Å². The predicted molar refractivity (Wildman–Crippen MR) is 70.3 cm³/mol. The Hall–Kier alpha value is -2.10. The maximum absolute atomic E-state index is 5.79. The SMILES string of the molecule is Cc1c(N)ncnc1-c1ccc(OC2CC2)cc1. The number of benzene rings is 1. The van der Waals surface area contributed by atoms with Crippen molar-refractivity contribution in [1.82, 2.24) is 9.97 Å². The van der Waals surface area contributed by atoms with Gasteiger partial charge in [-0.05, 0) is 44.0 Å². The van der Waals surface area contributed by atoms with Crippen molar-refractivity contribution in [3.63, 3.8) is 0 Å². The third kappa shape index (κ3) is 2.14. The highest BCUT2D eigenvalue weighted by Gasteiger charge is 2.23. The van der Waals surface area contributed by atoms with Crippen LogP contribution in [0.15, 0.2) is 30.6 Å². The van der Waals surface area contributed by atoms with Crippen molar-refractivity contribution < 1.29 is 4.74 Å². The molecule has 2 aromatic rings. The van der Waals surface area contributed by atoms with Gasteiger partial charge in [0.1, 0.15) is 17.9 Å². The highest BCUT2D eigenvalue weighted by molar-refractivity contribution is 5.67. The van der Waals surface area contributed by atoms with Crippen LogP contribution in [0, 0.1) is 6.92 Å². The van der Waals surface area contributed by atoms with Crippen LogP contribution in [0.2, 0.25) is 0 Å². The standard InChI is InChI=1S/C14H15N3O/c1-9-13(16-8-17-14(9)15)10-2-4-11(5-3-10)18-12-6-7-12/h2-5,8,12H,6-7H2,1H3,(H2,15,16,17). The van der Waals surface area contributed by atoms with E-state index in [1.807, 2.05) is 31.2 Å². The molecule has 1 aliphatic carbocycles. The van der Waals surface area contributed by atoms with Gasteiger partial charge in [-0.15, -0.1) is 0 Å². The van der Waals surface area contributed by atoms with Crippen LogP contribution in [-0.4, -0.2) is 16.1 Å². The van der Waals surface area contributed by atoms with Crippen molar-refractivity contribution in [3.8, 4) is 17.0 Å². The Kier molecular flexibility index (Phi) is 2.63. The number of aromatic nitrogens is 2. The molecule has 0 bridgehead atoms. The summed E-state index contributed by atoms with van der Waals surface area (Å²) in [5, 5.41) is 0. The molecule has 3 rings (SSSR count).